The lowest BCUT2D eigenvalue weighted by atomic mass is 10.3. The van der Waals surface area contributed by atoms with E-state index < -0.39 is 0 Å². The molecular formula is C10H26N2+2. The lowest BCUT2D eigenvalue weighted by Gasteiger charge is -2.40. The van der Waals surface area contributed by atoms with Gasteiger partial charge in [-0.2, -0.15) is 0 Å². The molecule has 0 aromatic rings. The van der Waals surface area contributed by atoms with Crippen molar-refractivity contribution in [2.75, 3.05) is 47.4 Å². The van der Waals surface area contributed by atoms with Crippen LogP contribution in [0.5, 0.6) is 0 Å². The van der Waals surface area contributed by atoms with E-state index in [-0.39, 0.29) is 0 Å². The summed E-state index contributed by atoms with van der Waals surface area (Å²) in [5, 5.41) is 0. The molecule has 0 bridgehead atoms. The van der Waals surface area contributed by atoms with Crippen LogP contribution in [-0.4, -0.2) is 56.4 Å². The summed E-state index contributed by atoms with van der Waals surface area (Å²) in [6, 6.07) is 0. The number of hydrogen-bond donors (Lipinski definition) is 0. The van der Waals surface area contributed by atoms with E-state index in [4.69, 9.17) is 0 Å². The van der Waals surface area contributed by atoms with Gasteiger partial charge in [0.2, 0.25) is 6.67 Å². The molecule has 0 fully saturated rings. The molecule has 0 aromatic carbocycles. The standard InChI is InChI=1S/C10H26N2/c1-7-12(8-2,9-3)10-11(4,5)6/h7-10H2,1-6H3/q+2. The lowest BCUT2D eigenvalue weighted by Crippen LogP contribution is -2.58. The average molecular weight is 174 g/mol. The van der Waals surface area contributed by atoms with Crippen LogP contribution in [0.25, 0.3) is 0 Å². The van der Waals surface area contributed by atoms with E-state index in [0.29, 0.717) is 0 Å². The molecule has 2 heteroatoms. The molecule has 0 unspecified atom stereocenters. The summed E-state index contributed by atoms with van der Waals surface area (Å²) in [7, 11) is 6.82. The Morgan fingerprint density at radius 1 is 0.750 bits per heavy atom. The fourth-order valence-electron chi connectivity index (χ4n) is 1.87. The largest absolute Gasteiger partial charge is 0.284 e. The van der Waals surface area contributed by atoms with Crippen molar-refractivity contribution in [3.63, 3.8) is 0 Å². The van der Waals surface area contributed by atoms with E-state index in [1.807, 2.05) is 0 Å². The minimum absolute atomic E-state index is 1.06. The summed E-state index contributed by atoms with van der Waals surface area (Å²) in [4.78, 5) is 0. The van der Waals surface area contributed by atoms with Gasteiger partial charge in [-0.1, -0.05) is 0 Å². The summed E-state index contributed by atoms with van der Waals surface area (Å²) in [6.45, 7) is 11.9. The molecule has 0 saturated heterocycles. The van der Waals surface area contributed by atoms with Crippen molar-refractivity contribution in [1.29, 1.82) is 0 Å². The SMILES string of the molecule is CC[N+](CC)(CC)C[N+](C)(C)C. The average Bonchev–Trinajstić information content (AvgIpc) is 1.99. The van der Waals surface area contributed by atoms with E-state index in [9.17, 15) is 0 Å². The Hall–Kier alpha value is -0.0800. The van der Waals surface area contributed by atoms with Crippen molar-refractivity contribution in [2.45, 2.75) is 20.8 Å². The van der Waals surface area contributed by atoms with Crippen molar-refractivity contribution in [3.8, 4) is 0 Å². The third-order valence-electron chi connectivity index (χ3n) is 2.74. The van der Waals surface area contributed by atoms with E-state index in [2.05, 4.69) is 41.9 Å². The predicted molar refractivity (Wildman–Crippen MR) is 54.8 cm³/mol. The molecule has 0 aromatic heterocycles. The molecule has 0 rings (SSSR count). The van der Waals surface area contributed by atoms with Crippen LogP contribution < -0.4 is 0 Å². The molecule has 0 aliphatic rings. The van der Waals surface area contributed by atoms with Gasteiger partial charge in [-0.15, -0.1) is 0 Å². The van der Waals surface area contributed by atoms with Crippen molar-refractivity contribution in [2.24, 2.45) is 0 Å². The zero-order valence-electron chi connectivity index (χ0n) is 9.72. The molecule has 0 amide bonds. The van der Waals surface area contributed by atoms with Crippen LogP contribution in [0, 0.1) is 0 Å². The topological polar surface area (TPSA) is 0 Å². The first-order chi connectivity index (χ1) is 5.39. The number of hydrogen-bond acceptors (Lipinski definition) is 0. The Bertz CT molecular complexity index is 112. The molecule has 0 aliphatic carbocycles. The molecule has 12 heavy (non-hydrogen) atoms. The van der Waals surface area contributed by atoms with Crippen molar-refractivity contribution >= 4 is 0 Å². The van der Waals surface area contributed by atoms with Gasteiger partial charge < -0.3 is 0 Å². The molecule has 0 saturated carbocycles. The first-order valence-corrected chi connectivity index (χ1v) is 5.04. The Labute approximate surface area is 78.0 Å². The highest BCUT2D eigenvalue weighted by Gasteiger charge is 2.27. The zero-order valence-corrected chi connectivity index (χ0v) is 9.72. The number of nitrogens with zero attached hydrogens (tertiary/aromatic N) is 2. The maximum absolute atomic E-state index is 2.29. The second-order valence-electron chi connectivity index (χ2n) is 4.72. The van der Waals surface area contributed by atoms with E-state index >= 15 is 0 Å². The molecule has 74 valence electrons. The highest BCUT2D eigenvalue weighted by atomic mass is 15.5. The normalized spacial score (nSPS) is 13.5. The van der Waals surface area contributed by atoms with Crippen LogP contribution in [0.1, 0.15) is 20.8 Å². The van der Waals surface area contributed by atoms with Gasteiger partial charge >= 0.3 is 0 Å². The molecule has 0 radical (unpaired) electrons. The smallest absolute Gasteiger partial charge is 0.206 e. The summed E-state index contributed by atoms with van der Waals surface area (Å²) in [5.41, 5.74) is 0. The van der Waals surface area contributed by atoms with Gasteiger partial charge in [-0.05, 0) is 20.8 Å². The second-order valence-corrected chi connectivity index (χ2v) is 4.72. The highest BCUT2D eigenvalue weighted by molar-refractivity contribution is 4.30. The lowest BCUT2D eigenvalue weighted by molar-refractivity contribution is -1.08. The Balaban J connectivity index is 4.30. The van der Waals surface area contributed by atoms with Gasteiger partial charge in [-0.3, -0.25) is 8.97 Å². The number of rotatable bonds is 5. The molecular weight excluding hydrogens is 148 g/mol. The third kappa shape index (κ3) is 3.55. The van der Waals surface area contributed by atoms with E-state index in [1.165, 1.54) is 30.8 Å². The Kier molecular flexibility index (Phi) is 4.21. The van der Waals surface area contributed by atoms with Gasteiger partial charge in [-0.25, -0.2) is 0 Å². The van der Waals surface area contributed by atoms with Crippen LogP contribution in [-0.2, 0) is 0 Å². The fraction of sp³-hybridized carbons (Fsp3) is 1.00. The van der Waals surface area contributed by atoms with Gasteiger partial charge in [0.15, 0.2) is 0 Å². The summed E-state index contributed by atoms with van der Waals surface area (Å²) >= 11 is 0. The van der Waals surface area contributed by atoms with Gasteiger partial charge in [0.05, 0.1) is 40.8 Å². The zero-order chi connectivity index (χ0) is 9.83. The van der Waals surface area contributed by atoms with Crippen LogP contribution in [0.3, 0.4) is 0 Å². The minimum Gasteiger partial charge on any atom is -0.284 e. The molecule has 0 atom stereocenters. The maximum Gasteiger partial charge on any atom is 0.206 e. The molecule has 0 N–H and O–H groups in total. The van der Waals surface area contributed by atoms with Gasteiger partial charge in [0, 0.05) is 0 Å². The number of quaternary nitrogens is 2. The first-order valence-electron chi connectivity index (χ1n) is 5.04. The third-order valence-corrected chi connectivity index (χ3v) is 2.74. The Morgan fingerprint density at radius 3 is 1.17 bits per heavy atom. The van der Waals surface area contributed by atoms with Crippen LogP contribution in [0.2, 0.25) is 0 Å². The molecule has 0 aliphatic heterocycles. The molecule has 2 nitrogen and oxygen atoms in total. The summed E-state index contributed by atoms with van der Waals surface area (Å²) in [6.07, 6.45) is 0. The summed E-state index contributed by atoms with van der Waals surface area (Å²) < 4.78 is 2.30. The van der Waals surface area contributed by atoms with Crippen LogP contribution in [0.4, 0.5) is 0 Å². The van der Waals surface area contributed by atoms with Crippen molar-refractivity contribution in [1.82, 2.24) is 0 Å². The van der Waals surface area contributed by atoms with Crippen molar-refractivity contribution < 1.29 is 8.97 Å². The fourth-order valence-corrected chi connectivity index (χ4v) is 1.87. The molecule has 0 spiro atoms. The van der Waals surface area contributed by atoms with E-state index in [1.54, 1.807) is 0 Å². The van der Waals surface area contributed by atoms with Crippen LogP contribution in [0.15, 0.2) is 0 Å². The molecule has 0 heterocycles. The highest BCUT2D eigenvalue weighted by Crippen LogP contribution is 2.09. The van der Waals surface area contributed by atoms with E-state index in [0.717, 1.165) is 4.48 Å². The predicted octanol–water partition coefficient (Wildman–Crippen LogP) is 1.53. The van der Waals surface area contributed by atoms with Crippen LogP contribution >= 0.6 is 0 Å². The Morgan fingerprint density at radius 2 is 1.08 bits per heavy atom. The van der Waals surface area contributed by atoms with Gasteiger partial charge in [0.25, 0.3) is 0 Å². The summed E-state index contributed by atoms with van der Waals surface area (Å²) in [5.74, 6) is 0. The second kappa shape index (κ2) is 4.24. The quantitative estimate of drug-likeness (QED) is 0.438. The van der Waals surface area contributed by atoms with Crippen molar-refractivity contribution in [3.05, 3.63) is 0 Å². The minimum atomic E-state index is 1.06. The maximum atomic E-state index is 2.29. The first kappa shape index (κ1) is 11.9. The van der Waals surface area contributed by atoms with Gasteiger partial charge in [0.1, 0.15) is 0 Å². The monoisotopic (exact) mass is 174 g/mol.